The Kier molecular flexibility index (Phi) is 3.46. The van der Waals surface area contributed by atoms with Crippen molar-refractivity contribution in [2.75, 3.05) is 0 Å². The standard InChI is InChI=1S/C8H14P2/c1-2-3-6-10-7-4-5-8(10)9/h4-5,7H,2-3,6,9H2,1H3. The molecule has 0 bridgehead atoms. The van der Waals surface area contributed by atoms with Crippen molar-refractivity contribution in [2.45, 2.75) is 25.9 Å². The Labute approximate surface area is 66.3 Å². The van der Waals surface area contributed by atoms with E-state index >= 15 is 0 Å². The number of rotatable bonds is 3. The van der Waals surface area contributed by atoms with Gasteiger partial charge < -0.3 is 0 Å². The molecule has 1 heterocycles. The average molecular weight is 172 g/mol. The van der Waals surface area contributed by atoms with Crippen LogP contribution in [0.1, 0.15) is 19.8 Å². The molecule has 0 nitrogen and oxygen atoms in total. The molecule has 0 saturated carbocycles. The summed E-state index contributed by atoms with van der Waals surface area (Å²) in [7, 11) is 2.97. The molecule has 0 aliphatic heterocycles. The maximum absolute atomic E-state index is 2.83. The van der Waals surface area contributed by atoms with Crippen molar-refractivity contribution in [1.29, 1.82) is 0 Å². The van der Waals surface area contributed by atoms with Gasteiger partial charge in [0, 0.05) is 0 Å². The Balaban J connectivity index is 2.49. The molecule has 2 atom stereocenters. The summed E-state index contributed by atoms with van der Waals surface area (Å²) in [4.78, 5) is 0. The van der Waals surface area contributed by atoms with Crippen molar-refractivity contribution < 1.29 is 0 Å². The van der Waals surface area contributed by atoms with E-state index in [0.717, 1.165) is 0 Å². The van der Waals surface area contributed by atoms with Crippen LogP contribution >= 0.6 is 16.8 Å². The van der Waals surface area contributed by atoms with Gasteiger partial charge in [0.25, 0.3) is 0 Å². The zero-order chi connectivity index (χ0) is 7.40. The van der Waals surface area contributed by atoms with E-state index in [4.69, 9.17) is 0 Å². The van der Waals surface area contributed by atoms with E-state index < -0.39 is 0 Å². The molecule has 0 aliphatic carbocycles. The van der Waals surface area contributed by atoms with Crippen molar-refractivity contribution >= 4 is 21.8 Å². The number of hydrogen-bond donors (Lipinski definition) is 0. The van der Waals surface area contributed by atoms with Crippen LogP contribution in [0.4, 0.5) is 0 Å². The SMILES string of the molecule is CCCCp1cccc1P. The fourth-order valence-corrected chi connectivity index (χ4v) is 3.52. The van der Waals surface area contributed by atoms with Gasteiger partial charge in [-0.2, -0.15) is 0 Å². The van der Waals surface area contributed by atoms with Crippen LogP contribution in [-0.4, -0.2) is 0 Å². The molecule has 56 valence electrons. The van der Waals surface area contributed by atoms with Crippen molar-refractivity contribution in [3.63, 3.8) is 0 Å². The second-order valence-corrected chi connectivity index (χ2v) is 5.79. The molecule has 1 aromatic heterocycles. The van der Waals surface area contributed by atoms with Gasteiger partial charge in [-0.15, -0.1) is 16.8 Å². The van der Waals surface area contributed by atoms with Gasteiger partial charge in [-0.05, 0) is 23.4 Å². The van der Waals surface area contributed by atoms with Gasteiger partial charge in [-0.3, -0.25) is 0 Å². The first-order chi connectivity index (χ1) is 4.84. The predicted molar refractivity (Wildman–Crippen MR) is 53.4 cm³/mol. The molecule has 0 radical (unpaired) electrons. The van der Waals surface area contributed by atoms with Crippen LogP contribution in [0.3, 0.4) is 0 Å². The lowest BCUT2D eigenvalue weighted by Gasteiger charge is -1.97. The van der Waals surface area contributed by atoms with Crippen LogP contribution < -0.4 is 5.04 Å². The quantitative estimate of drug-likeness (QED) is 0.615. The monoisotopic (exact) mass is 172 g/mol. The molecule has 0 spiro atoms. The largest absolute Gasteiger partial charge is 0.118 e. The maximum Gasteiger partial charge on any atom is -0.0110 e. The van der Waals surface area contributed by atoms with E-state index in [1.165, 1.54) is 24.0 Å². The van der Waals surface area contributed by atoms with E-state index in [1.54, 1.807) is 0 Å². The van der Waals surface area contributed by atoms with E-state index in [1.807, 2.05) is 0 Å². The normalized spacial score (nSPS) is 12.0. The Morgan fingerprint density at radius 2 is 2.40 bits per heavy atom. The molecule has 10 heavy (non-hydrogen) atoms. The van der Waals surface area contributed by atoms with Crippen molar-refractivity contribution in [3.8, 4) is 0 Å². The van der Waals surface area contributed by atoms with Crippen molar-refractivity contribution in [1.82, 2.24) is 0 Å². The zero-order valence-electron chi connectivity index (χ0n) is 6.38. The Hall–Kier alpha value is 0.210. The highest BCUT2D eigenvalue weighted by Crippen LogP contribution is 2.29. The summed E-state index contributed by atoms with van der Waals surface area (Å²) in [6.07, 6.45) is 4.09. The summed E-state index contributed by atoms with van der Waals surface area (Å²) < 4.78 is 0. The summed E-state index contributed by atoms with van der Waals surface area (Å²) in [6, 6.07) is 4.40. The second kappa shape index (κ2) is 4.16. The minimum Gasteiger partial charge on any atom is -0.118 e. The third kappa shape index (κ3) is 2.11. The van der Waals surface area contributed by atoms with Gasteiger partial charge in [0.2, 0.25) is 0 Å². The summed E-state index contributed by atoms with van der Waals surface area (Å²) >= 11 is 0. The average Bonchev–Trinajstić information content (AvgIpc) is 2.31. The topological polar surface area (TPSA) is 0 Å². The van der Waals surface area contributed by atoms with E-state index in [0.29, 0.717) is 0 Å². The summed E-state index contributed by atoms with van der Waals surface area (Å²) in [5, 5.41) is 1.52. The molecule has 2 heteroatoms. The third-order valence-corrected chi connectivity index (χ3v) is 4.95. The lowest BCUT2D eigenvalue weighted by atomic mass is 10.4. The zero-order valence-corrected chi connectivity index (χ0v) is 8.43. The maximum atomic E-state index is 2.83. The Morgan fingerprint density at radius 3 is 2.90 bits per heavy atom. The molecular formula is C8H14P2. The van der Waals surface area contributed by atoms with Gasteiger partial charge in [0.05, 0.1) is 0 Å². The third-order valence-electron chi connectivity index (χ3n) is 1.62. The first-order valence-electron chi connectivity index (χ1n) is 3.75. The van der Waals surface area contributed by atoms with Gasteiger partial charge >= 0.3 is 0 Å². The van der Waals surface area contributed by atoms with Gasteiger partial charge in [-0.1, -0.05) is 25.5 Å². The fraction of sp³-hybridized carbons (Fsp3) is 0.500. The smallest absolute Gasteiger partial charge is 0.0110 e. The molecule has 0 aromatic carbocycles. The van der Waals surface area contributed by atoms with Crippen LogP contribution in [0.25, 0.3) is 0 Å². The molecular weight excluding hydrogens is 158 g/mol. The Morgan fingerprint density at radius 1 is 1.60 bits per heavy atom. The van der Waals surface area contributed by atoms with Crippen LogP contribution in [-0.2, 0) is 6.16 Å². The first-order valence-corrected chi connectivity index (χ1v) is 5.92. The predicted octanol–water partition coefficient (Wildman–Crippen LogP) is 2.97. The summed E-state index contributed by atoms with van der Waals surface area (Å²) in [5.41, 5.74) is 0. The van der Waals surface area contributed by atoms with Crippen LogP contribution in [0.5, 0.6) is 0 Å². The lowest BCUT2D eigenvalue weighted by Crippen LogP contribution is -1.80. The molecule has 0 N–H and O–H groups in total. The van der Waals surface area contributed by atoms with E-state index in [9.17, 15) is 0 Å². The highest BCUT2D eigenvalue weighted by atomic mass is 31.1. The minimum atomic E-state index is 0.131. The molecule has 0 amide bonds. The highest BCUT2D eigenvalue weighted by molar-refractivity contribution is 7.63. The molecule has 0 saturated heterocycles. The number of aryl methyl sites for hydroxylation is 1. The van der Waals surface area contributed by atoms with Crippen molar-refractivity contribution in [2.24, 2.45) is 0 Å². The van der Waals surface area contributed by atoms with Crippen molar-refractivity contribution in [3.05, 3.63) is 17.9 Å². The van der Waals surface area contributed by atoms with E-state index in [2.05, 4.69) is 34.1 Å². The second-order valence-electron chi connectivity index (χ2n) is 2.48. The van der Waals surface area contributed by atoms with Crippen LogP contribution in [0.2, 0.25) is 0 Å². The Bertz CT molecular complexity index is 191. The molecule has 1 rings (SSSR count). The minimum absolute atomic E-state index is 0.131. The first kappa shape index (κ1) is 8.31. The van der Waals surface area contributed by atoms with E-state index in [-0.39, 0.29) is 7.53 Å². The molecule has 0 aliphatic rings. The van der Waals surface area contributed by atoms with Gasteiger partial charge in [-0.25, -0.2) is 0 Å². The number of unbranched alkanes of at least 4 members (excludes halogenated alkanes) is 1. The number of hydrogen-bond acceptors (Lipinski definition) is 0. The fourth-order valence-electron chi connectivity index (χ4n) is 0.959. The molecule has 2 unspecified atom stereocenters. The summed E-state index contributed by atoms with van der Waals surface area (Å²) in [5.74, 6) is 2.35. The van der Waals surface area contributed by atoms with Gasteiger partial charge in [0.15, 0.2) is 0 Å². The highest BCUT2D eigenvalue weighted by Gasteiger charge is 1.94. The summed E-state index contributed by atoms with van der Waals surface area (Å²) in [6.45, 7) is 2.25. The van der Waals surface area contributed by atoms with Gasteiger partial charge in [0.1, 0.15) is 0 Å². The van der Waals surface area contributed by atoms with Crippen LogP contribution in [0.15, 0.2) is 17.9 Å². The molecule has 0 fully saturated rings. The lowest BCUT2D eigenvalue weighted by molar-refractivity contribution is 0.855. The molecule has 1 aromatic rings. The van der Waals surface area contributed by atoms with Crippen LogP contribution in [0, 0.1) is 0 Å².